The van der Waals surface area contributed by atoms with Crippen LogP contribution in [0.4, 0.5) is 17.6 Å². The van der Waals surface area contributed by atoms with Crippen LogP contribution in [0.2, 0.25) is 0 Å². The molecule has 0 saturated heterocycles. The minimum Gasteiger partial charge on any atom is -0.288 e. The second kappa shape index (κ2) is 4.73. The Morgan fingerprint density at radius 3 is 2.58 bits per heavy atom. The number of alkyl halides is 3. The maximum absolute atomic E-state index is 13.5. The average Bonchev–Trinajstić information content (AvgIpc) is 2.80. The van der Waals surface area contributed by atoms with Gasteiger partial charge in [-0.3, -0.25) is 4.79 Å². The molecule has 0 saturated carbocycles. The van der Waals surface area contributed by atoms with Gasteiger partial charge in [0.2, 0.25) is 5.78 Å². The summed E-state index contributed by atoms with van der Waals surface area (Å²) >= 11 is 0.205. The third-order valence-electron chi connectivity index (χ3n) is 2.34. The number of carbonyl (C=O) groups is 1. The van der Waals surface area contributed by atoms with E-state index < -0.39 is 22.8 Å². The second-order valence-corrected chi connectivity index (χ2v) is 4.87. The fourth-order valence-corrected chi connectivity index (χ4v) is 2.19. The lowest BCUT2D eigenvalue weighted by Crippen LogP contribution is -2.03. The lowest BCUT2D eigenvalue weighted by atomic mass is 10.1. The molecule has 0 spiro atoms. The number of hydrogen-bond donors (Lipinski definition) is 0. The van der Waals surface area contributed by atoms with E-state index in [4.69, 9.17) is 0 Å². The third kappa shape index (κ3) is 2.81. The molecule has 1 aromatic carbocycles. The summed E-state index contributed by atoms with van der Waals surface area (Å²) in [5.41, 5.74) is 0.391. The predicted octanol–water partition coefficient (Wildman–Crippen LogP) is 3.84. The van der Waals surface area contributed by atoms with Crippen LogP contribution < -0.4 is 0 Å². The van der Waals surface area contributed by atoms with Gasteiger partial charge in [0.25, 0.3) is 0 Å². The van der Waals surface area contributed by atoms with Crippen molar-refractivity contribution in [2.24, 2.45) is 0 Å². The number of halogens is 4. The monoisotopic (exact) mass is 289 g/mol. The molecule has 1 heterocycles. The molecule has 7 heteroatoms. The molecular formula is C12H7F4NOS. The number of rotatable bonds is 2. The summed E-state index contributed by atoms with van der Waals surface area (Å²) in [6.07, 6.45) is -3.79. The van der Waals surface area contributed by atoms with Gasteiger partial charge in [-0.2, -0.15) is 13.2 Å². The number of aromatic nitrogens is 1. The molecular weight excluding hydrogens is 282 g/mol. The summed E-state index contributed by atoms with van der Waals surface area (Å²) in [6.45, 7) is 1.66. The van der Waals surface area contributed by atoms with E-state index in [9.17, 15) is 22.4 Å². The Morgan fingerprint density at radius 2 is 2.00 bits per heavy atom. The van der Waals surface area contributed by atoms with Crippen molar-refractivity contribution in [3.8, 4) is 0 Å². The number of carbonyl (C=O) groups excluding carboxylic acids is 1. The summed E-state index contributed by atoms with van der Waals surface area (Å²) in [5, 5.41) is -1.12. The van der Waals surface area contributed by atoms with Gasteiger partial charge in [0.05, 0.1) is 10.4 Å². The number of aryl methyl sites for hydroxylation is 1. The third-order valence-corrected chi connectivity index (χ3v) is 3.38. The summed E-state index contributed by atoms with van der Waals surface area (Å²) in [6, 6.07) is 3.87. The first-order chi connectivity index (χ1) is 8.79. The minimum atomic E-state index is -4.60. The quantitative estimate of drug-likeness (QED) is 0.621. The Morgan fingerprint density at radius 1 is 1.32 bits per heavy atom. The second-order valence-electron chi connectivity index (χ2n) is 3.84. The molecule has 0 aliphatic carbocycles. The van der Waals surface area contributed by atoms with Crippen molar-refractivity contribution >= 4 is 17.1 Å². The smallest absolute Gasteiger partial charge is 0.288 e. The number of benzene rings is 1. The molecule has 0 aliphatic rings. The molecule has 2 aromatic rings. The molecule has 19 heavy (non-hydrogen) atoms. The Bertz CT molecular complexity index is 633. The highest BCUT2D eigenvalue weighted by Crippen LogP contribution is 2.33. The minimum absolute atomic E-state index is 0.205. The van der Waals surface area contributed by atoms with Gasteiger partial charge in [-0.1, -0.05) is 11.6 Å². The Hall–Kier alpha value is -1.76. The highest BCUT2D eigenvalue weighted by Gasteiger charge is 2.35. The molecule has 0 bridgehead atoms. The molecule has 0 atom stereocenters. The van der Waals surface area contributed by atoms with Crippen LogP contribution in [-0.4, -0.2) is 10.8 Å². The molecule has 0 aliphatic heterocycles. The number of hydrogen-bond acceptors (Lipinski definition) is 3. The van der Waals surface area contributed by atoms with E-state index in [1.54, 1.807) is 6.92 Å². The van der Waals surface area contributed by atoms with Crippen LogP contribution in [-0.2, 0) is 6.18 Å². The maximum atomic E-state index is 13.5. The van der Waals surface area contributed by atoms with E-state index >= 15 is 0 Å². The van der Waals surface area contributed by atoms with E-state index in [0.29, 0.717) is 5.56 Å². The topological polar surface area (TPSA) is 30.0 Å². The van der Waals surface area contributed by atoms with Gasteiger partial charge >= 0.3 is 6.18 Å². The Kier molecular flexibility index (Phi) is 3.40. The van der Waals surface area contributed by atoms with Crippen molar-refractivity contribution in [2.45, 2.75) is 13.1 Å². The highest BCUT2D eigenvalue weighted by atomic mass is 32.1. The van der Waals surface area contributed by atoms with E-state index in [1.807, 2.05) is 0 Å². The van der Waals surface area contributed by atoms with E-state index in [-0.39, 0.29) is 21.8 Å². The Balaban J connectivity index is 2.39. The molecule has 100 valence electrons. The summed E-state index contributed by atoms with van der Waals surface area (Å²) in [7, 11) is 0. The first kappa shape index (κ1) is 13.7. The zero-order valence-electron chi connectivity index (χ0n) is 9.58. The fourth-order valence-electron chi connectivity index (χ4n) is 1.46. The van der Waals surface area contributed by atoms with Crippen molar-refractivity contribution < 1.29 is 22.4 Å². The van der Waals surface area contributed by atoms with Crippen molar-refractivity contribution in [3.63, 3.8) is 0 Å². The molecule has 0 fully saturated rings. The number of thiazole rings is 1. The molecule has 0 radical (unpaired) electrons. The molecule has 0 N–H and O–H groups in total. The van der Waals surface area contributed by atoms with Gasteiger partial charge in [0.15, 0.2) is 5.01 Å². The molecule has 1 aromatic heterocycles. The first-order valence-corrected chi connectivity index (χ1v) is 5.94. The van der Waals surface area contributed by atoms with Gasteiger partial charge in [0, 0.05) is 6.20 Å². The van der Waals surface area contributed by atoms with Crippen LogP contribution in [0.25, 0.3) is 0 Å². The molecule has 0 amide bonds. The zero-order valence-corrected chi connectivity index (χ0v) is 10.4. The number of nitrogens with zero attached hydrogens (tertiary/aromatic N) is 1. The fraction of sp³-hybridized carbons (Fsp3) is 0.167. The average molecular weight is 289 g/mol. The molecule has 2 rings (SSSR count). The van der Waals surface area contributed by atoms with Gasteiger partial charge in [-0.05, 0) is 19.1 Å². The van der Waals surface area contributed by atoms with E-state index in [1.165, 1.54) is 12.1 Å². The zero-order chi connectivity index (χ0) is 14.2. The van der Waals surface area contributed by atoms with Crippen LogP contribution in [0, 0.1) is 12.7 Å². The van der Waals surface area contributed by atoms with Crippen LogP contribution in [0.3, 0.4) is 0 Å². The van der Waals surface area contributed by atoms with Crippen molar-refractivity contribution in [3.05, 3.63) is 51.2 Å². The molecule has 0 unspecified atom stereocenters. The highest BCUT2D eigenvalue weighted by molar-refractivity contribution is 7.13. The predicted molar refractivity (Wildman–Crippen MR) is 61.7 cm³/mol. The standard InChI is InChI=1S/C12H7F4NOS/c1-6-2-3-8(13)7(4-6)10(18)9-5-17-11(19-9)12(14,15)16/h2-5H,1H3. The van der Waals surface area contributed by atoms with Gasteiger partial charge < -0.3 is 0 Å². The summed E-state index contributed by atoms with van der Waals surface area (Å²) < 4.78 is 50.6. The first-order valence-electron chi connectivity index (χ1n) is 5.13. The summed E-state index contributed by atoms with van der Waals surface area (Å²) in [5.74, 6) is -1.56. The molecule has 2 nitrogen and oxygen atoms in total. The van der Waals surface area contributed by atoms with Crippen molar-refractivity contribution in [1.29, 1.82) is 0 Å². The normalized spacial score (nSPS) is 11.6. The van der Waals surface area contributed by atoms with Crippen LogP contribution >= 0.6 is 11.3 Å². The maximum Gasteiger partial charge on any atom is 0.443 e. The lowest BCUT2D eigenvalue weighted by Gasteiger charge is -2.02. The van der Waals surface area contributed by atoms with E-state index in [2.05, 4.69) is 4.98 Å². The lowest BCUT2D eigenvalue weighted by molar-refractivity contribution is -0.137. The van der Waals surface area contributed by atoms with Crippen LogP contribution in [0.5, 0.6) is 0 Å². The SMILES string of the molecule is Cc1ccc(F)c(C(=O)c2cnc(C(F)(F)F)s2)c1. The van der Waals surface area contributed by atoms with Gasteiger partial charge in [-0.25, -0.2) is 9.37 Å². The van der Waals surface area contributed by atoms with E-state index in [0.717, 1.165) is 12.3 Å². The number of ketones is 1. The summed E-state index contributed by atoms with van der Waals surface area (Å²) in [4.78, 5) is 14.8. The largest absolute Gasteiger partial charge is 0.443 e. The van der Waals surface area contributed by atoms with Gasteiger partial charge in [0.1, 0.15) is 5.82 Å². The van der Waals surface area contributed by atoms with Crippen molar-refractivity contribution in [1.82, 2.24) is 4.98 Å². The Labute approximate surface area is 109 Å². The van der Waals surface area contributed by atoms with Crippen LogP contribution in [0.1, 0.15) is 25.8 Å². The van der Waals surface area contributed by atoms with Gasteiger partial charge in [-0.15, -0.1) is 11.3 Å². The van der Waals surface area contributed by atoms with Crippen LogP contribution in [0.15, 0.2) is 24.4 Å². The van der Waals surface area contributed by atoms with Crippen molar-refractivity contribution in [2.75, 3.05) is 0 Å².